The van der Waals surface area contributed by atoms with Crippen molar-refractivity contribution in [3.8, 4) is 5.75 Å². The number of halogens is 1. The highest BCUT2D eigenvalue weighted by atomic mass is 79.9. The maximum atomic E-state index is 12.0. The lowest BCUT2D eigenvalue weighted by molar-refractivity contribution is 0.0695. The van der Waals surface area contributed by atoms with Crippen molar-refractivity contribution in [2.45, 2.75) is 0 Å². The standard InChI is InChI=1S/C14H10BrNO4/c15-11-6-5-8(7-10(11)14(19)20)16-13(18)9-3-1-2-4-12(9)17/h1-7,17H,(H,16,18)(H,19,20). The number of aromatic hydroxyl groups is 1. The van der Waals surface area contributed by atoms with E-state index in [2.05, 4.69) is 21.2 Å². The van der Waals surface area contributed by atoms with Gasteiger partial charge in [-0.1, -0.05) is 12.1 Å². The van der Waals surface area contributed by atoms with Gasteiger partial charge in [-0.15, -0.1) is 0 Å². The fourth-order valence-corrected chi connectivity index (χ4v) is 2.05. The summed E-state index contributed by atoms with van der Waals surface area (Å²) < 4.78 is 0.422. The van der Waals surface area contributed by atoms with Gasteiger partial charge in [0, 0.05) is 10.2 Å². The Hall–Kier alpha value is -2.34. The maximum Gasteiger partial charge on any atom is 0.336 e. The molecule has 3 N–H and O–H groups in total. The van der Waals surface area contributed by atoms with Crippen LogP contribution in [0, 0.1) is 0 Å². The number of para-hydroxylation sites is 1. The van der Waals surface area contributed by atoms with Crippen LogP contribution < -0.4 is 5.32 Å². The molecule has 1 amide bonds. The molecule has 6 heteroatoms. The molecular weight excluding hydrogens is 326 g/mol. The summed E-state index contributed by atoms with van der Waals surface area (Å²) in [6, 6.07) is 10.5. The lowest BCUT2D eigenvalue weighted by atomic mass is 10.1. The number of phenols is 1. The molecule has 5 nitrogen and oxygen atoms in total. The normalized spacial score (nSPS) is 10.1. The van der Waals surface area contributed by atoms with Crippen LogP contribution in [0.5, 0.6) is 5.75 Å². The number of carbonyl (C=O) groups is 2. The Kier molecular flexibility index (Phi) is 4.05. The molecule has 0 heterocycles. The molecule has 0 spiro atoms. The van der Waals surface area contributed by atoms with Crippen molar-refractivity contribution in [2.24, 2.45) is 0 Å². The first-order chi connectivity index (χ1) is 9.49. The third-order valence-electron chi connectivity index (χ3n) is 2.60. The van der Waals surface area contributed by atoms with Gasteiger partial charge in [0.2, 0.25) is 0 Å². The molecule has 0 aliphatic rings. The first-order valence-electron chi connectivity index (χ1n) is 5.61. The van der Waals surface area contributed by atoms with Gasteiger partial charge in [-0.25, -0.2) is 4.79 Å². The van der Waals surface area contributed by atoms with Crippen molar-refractivity contribution in [2.75, 3.05) is 5.32 Å². The lowest BCUT2D eigenvalue weighted by Crippen LogP contribution is -2.12. The molecule has 0 aromatic heterocycles. The van der Waals surface area contributed by atoms with Crippen molar-refractivity contribution in [1.29, 1.82) is 0 Å². The molecule has 0 aliphatic heterocycles. The molecule has 0 saturated heterocycles. The summed E-state index contributed by atoms with van der Waals surface area (Å²) in [5.41, 5.74) is 0.492. The van der Waals surface area contributed by atoms with E-state index in [1.165, 1.54) is 24.3 Å². The smallest absolute Gasteiger partial charge is 0.336 e. The summed E-state index contributed by atoms with van der Waals surface area (Å²) in [5.74, 6) is -1.75. The second-order valence-electron chi connectivity index (χ2n) is 3.97. The molecule has 0 fully saturated rings. The molecule has 2 aromatic rings. The highest BCUT2D eigenvalue weighted by Gasteiger charge is 2.13. The summed E-state index contributed by atoms with van der Waals surface area (Å²) in [7, 11) is 0. The average Bonchev–Trinajstić information content (AvgIpc) is 2.41. The number of benzene rings is 2. The number of nitrogens with one attached hydrogen (secondary N) is 1. The lowest BCUT2D eigenvalue weighted by Gasteiger charge is -2.08. The van der Waals surface area contributed by atoms with Crippen LogP contribution in [0.25, 0.3) is 0 Å². The number of aromatic carboxylic acids is 1. The second-order valence-corrected chi connectivity index (χ2v) is 4.83. The van der Waals surface area contributed by atoms with E-state index in [4.69, 9.17) is 5.11 Å². The summed E-state index contributed by atoms with van der Waals surface area (Å²) >= 11 is 3.12. The fourth-order valence-electron chi connectivity index (χ4n) is 1.63. The molecule has 20 heavy (non-hydrogen) atoms. The predicted octanol–water partition coefficient (Wildman–Crippen LogP) is 3.11. The Morgan fingerprint density at radius 2 is 1.75 bits per heavy atom. The summed E-state index contributed by atoms with van der Waals surface area (Å²) in [6.07, 6.45) is 0. The van der Waals surface area contributed by atoms with E-state index in [0.29, 0.717) is 10.2 Å². The Morgan fingerprint density at radius 1 is 1.05 bits per heavy atom. The number of carbonyl (C=O) groups excluding carboxylic acids is 1. The largest absolute Gasteiger partial charge is 0.507 e. The van der Waals surface area contributed by atoms with Crippen LogP contribution in [0.2, 0.25) is 0 Å². The maximum absolute atomic E-state index is 12.0. The van der Waals surface area contributed by atoms with Gasteiger partial charge in [-0.05, 0) is 46.3 Å². The number of phenolic OH excluding ortho intramolecular Hbond substituents is 1. The summed E-state index contributed by atoms with van der Waals surface area (Å²) in [6.45, 7) is 0. The molecule has 0 aliphatic carbocycles. The number of amides is 1. The van der Waals surface area contributed by atoms with Crippen LogP contribution in [0.3, 0.4) is 0 Å². The van der Waals surface area contributed by atoms with Gasteiger partial charge in [-0.3, -0.25) is 4.79 Å². The van der Waals surface area contributed by atoms with Crippen LogP contribution >= 0.6 is 15.9 Å². The minimum atomic E-state index is -1.10. The third-order valence-corrected chi connectivity index (χ3v) is 3.29. The second kappa shape index (κ2) is 5.75. The van der Waals surface area contributed by atoms with Gasteiger partial charge in [0.1, 0.15) is 5.75 Å². The first-order valence-corrected chi connectivity index (χ1v) is 6.40. The van der Waals surface area contributed by atoms with Crippen molar-refractivity contribution in [3.05, 3.63) is 58.1 Å². The van der Waals surface area contributed by atoms with Crippen LogP contribution in [0.4, 0.5) is 5.69 Å². The molecule has 102 valence electrons. The first kappa shape index (κ1) is 14.1. The van der Waals surface area contributed by atoms with Gasteiger partial charge < -0.3 is 15.5 Å². The third kappa shape index (κ3) is 2.97. The summed E-state index contributed by atoms with van der Waals surface area (Å²) in [4.78, 5) is 23.0. The zero-order valence-corrected chi connectivity index (χ0v) is 11.7. The zero-order valence-electron chi connectivity index (χ0n) is 10.1. The van der Waals surface area contributed by atoms with Crippen molar-refractivity contribution in [1.82, 2.24) is 0 Å². The van der Waals surface area contributed by atoms with E-state index in [0.717, 1.165) is 0 Å². The molecule has 0 bridgehead atoms. The van der Waals surface area contributed by atoms with Gasteiger partial charge in [-0.2, -0.15) is 0 Å². The number of hydrogen-bond donors (Lipinski definition) is 3. The van der Waals surface area contributed by atoms with Crippen LogP contribution in [0.15, 0.2) is 46.9 Å². The molecule has 0 unspecified atom stereocenters. The number of carboxylic acid groups (broad SMARTS) is 1. The van der Waals surface area contributed by atoms with Crippen LogP contribution in [-0.2, 0) is 0 Å². The minimum absolute atomic E-state index is 0.0417. The highest BCUT2D eigenvalue weighted by Crippen LogP contribution is 2.23. The minimum Gasteiger partial charge on any atom is -0.507 e. The van der Waals surface area contributed by atoms with E-state index in [1.54, 1.807) is 18.2 Å². The monoisotopic (exact) mass is 335 g/mol. The molecule has 2 aromatic carbocycles. The number of hydrogen-bond acceptors (Lipinski definition) is 3. The molecule has 0 saturated carbocycles. The Labute approximate surface area is 123 Å². The van der Waals surface area contributed by atoms with Gasteiger partial charge in [0.25, 0.3) is 5.91 Å². The molecule has 2 rings (SSSR count). The summed E-state index contributed by atoms with van der Waals surface area (Å²) in [5, 5.41) is 21.1. The Balaban J connectivity index is 2.27. The zero-order chi connectivity index (χ0) is 14.7. The molecule has 0 radical (unpaired) electrons. The van der Waals surface area contributed by atoms with Crippen molar-refractivity contribution < 1.29 is 19.8 Å². The number of anilines is 1. The fraction of sp³-hybridized carbons (Fsp3) is 0. The highest BCUT2D eigenvalue weighted by molar-refractivity contribution is 9.10. The van der Waals surface area contributed by atoms with E-state index >= 15 is 0 Å². The van der Waals surface area contributed by atoms with E-state index in [-0.39, 0.29) is 16.9 Å². The Bertz CT molecular complexity index is 685. The number of rotatable bonds is 3. The van der Waals surface area contributed by atoms with Gasteiger partial charge >= 0.3 is 5.97 Å². The predicted molar refractivity (Wildman–Crippen MR) is 77.2 cm³/mol. The number of carboxylic acids is 1. The molecule has 0 atom stereocenters. The van der Waals surface area contributed by atoms with E-state index in [1.807, 2.05) is 0 Å². The quantitative estimate of drug-likeness (QED) is 0.804. The van der Waals surface area contributed by atoms with Crippen molar-refractivity contribution in [3.63, 3.8) is 0 Å². The van der Waals surface area contributed by atoms with E-state index < -0.39 is 11.9 Å². The van der Waals surface area contributed by atoms with Crippen molar-refractivity contribution >= 4 is 33.5 Å². The van der Waals surface area contributed by atoms with E-state index in [9.17, 15) is 14.7 Å². The van der Waals surface area contributed by atoms with Crippen LogP contribution in [0.1, 0.15) is 20.7 Å². The topological polar surface area (TPSA) is 86.6 Å². The SMILES string of the molecule is O=C(Nc1ccc(Br)c(C(=O)O)c1)c1ccccc1O. The molecular formula is C14H10BrNO4. The Morgan fingerprint density at radius 3 is 2.40 bits per heavy atom. The van der Waals surface area contributed by atoms with Gasteiger partial charge in [0.05, 0.1) is 11.1 Å². The van der Waals surface area contributed by atoms with Crippen LogP contribution in [-0.4, -0.2) is 22.1 Å². The van der Waals surface area contributed by atoms with Gasteiger partial charge in [0.15, 0.2) is 0 Å². The average molecular weight is 336 g/mol.